The van der Waals surface area contributed by atoms with Crippen LogP contribution in [0.2, 0.25) is 5.15 Å². The molecule has 5 nitrogen and oxygen atoms in total. The maximum Gasteiger partial charge on any atom is 0.351 e. The third-order valence-corrected chi connectivity index (χ3v) is 4.57. The molecule has 0 aliphatic carbocycles. The predicted molar refractivity (Wildman–Crippen MR) is 70.5 cm³/mol. The zero-order valence-corrected chi connectivity index (χ0v) is 12.0. The minimum atomic E-state index is -0.466. The van der Waals surface area contributed by atoms with Gasteiger partial charge in [0, 0.05) is 6.61 Å². The molecule has 0 bridgehead atoms. The molecule has 18 heavy (non-hydrogen) atoms. The van der Waals surface area contributed by atoms with Gasteiger partial charge in [-0.2, -0.15) is 0 Å². The second-order valence-electron chi connectivity index (χ2n) is 4.44. The van der Waals surface area contributed by atoms with Crippen LogP contribution in [0.15, 0.2) is 0 Å². The fourth-order valence-corrected chi connectivity index (χ4v) is 3.06. The molecule has 0 saturated carbocycles. The van der Waals surface area contributed by atoms with Gasteiger partial charge in [0.2, 0.25) is 0 Å². The molecule has 1 aromatic rings. The van der Waals surface area contributed by atoms with Crippen molar-refractivity contribution in [1.82, 2.24) is 4.98 Å². The van der Waals surface area contributed by atoms with E-state index in [1.165, 1.54) is 18.4 Å². The Morgan fingerprint density at radius 3 is 3.00 bits per heavy atom. The zero-order valence-electron chi connectivity index (χ0n) is 10.4. The van der Waals surface area contributed by atoms with Crippen molar-refractivity contribution in [3.05, 3.63) is 10.0 Å². The Balaban J connectivity index is 2.18. The zero-order chi connectivity index (χ0) is 13.3. The monoisotopic (exact) mass is 290 g/mol. The van der Waals surface area contributed by atoms with Gasteiger partial charge in [-0.1, -0.05) is 22.9 Å². The SMILES string of the molecule is COC(=O)c1sc(NC2(C)CCOC2C)nc1Cl. The van der Waals surface area contributed by atoms with E-state index in [2.05, 4.69) is 22.0 Å². The molecule has 2 rings (SSSR count). The molecule has 0 spiro atoms. The summed E-state index contributed by atoms with van der Waals surface area (Å²) in [6.45, 7) is 4.79. The average molecular weight is 291 g/mol. The Labute approximate surface area is 114 Å². The van der Waals surface area contributed by atoms with Crippen LogP contribution in [0.1, 0.15) is 29.9 Å². The molecular weight excluding hydrogens is 276 g/mol. The lowest BCUT2D eigenvalue weighted by Gasteiger charge is -2.28. The second kappa shape index (κ2) is 5.03. The number of hydrogen-bond acceptors (Lipinski definition) is 6. The van der Waals surface area contributed by atoms with Crippen molar-refractivity contribution in [3.8, 4) is 0 Å². The summed E-state index contributed by atoms with van der Waals surface area (Å²) < 4.78 is 10.2. The predicted octanol–water partition coefficient (Wildman–Crippen LogP) is 2.56. The number of ether oxygens (including phenoxy) is 2. The Morgan fingerprint density at radius 2 is 2.44 bits per heavy atom. The standard InChI is InChI=1S/C11H15ClN2O3S/c1-6-11(2,4-5-17-6)14-10-13-8(12)7(18-10)9(15)16-3/h6H,4-5H2,1-3H3,(H,13,14). The molecular formula is C11H15ClN2O3S. The van der Waals surface area contributed by atoms with E-state index in [1.807, 2.05) is 6.92 Å². The van der Waals surface area contributed by atoms with E-state index < -0.39 is 5.97 Å². The Hall–Kier alpha value is -0.850. The first-order chi connectivity index (χ1) is 8.46. The number of rotatable bonds is 3. The maximum absolute atomic E-state index is 11.4. The van der Waals surface area contributed by atoms with Gasteiger partial charge in [-0.25, -0.2) is 9.78 Å². The fraction of sp³-hybridized carbons (Fsp3) is 0.636. The molecule has 1 aromatic heterocycles. The number of esters is 1. The summed E-state index contributed by atoms with van der Waals surface area (Å²) in [7, 11) is 1.32. The van der Waals surface area contributed by atoms with Crippen molar-refractivity contribution in [1.29, 1.82) is 0 Å². The summed E-state index contributed by atoms with van der Waals surface area (Å²) in [5.74, 6) is -0.466. The van der Waals surface area contributed by atoms with Crippen LogP contribution < -0.4 is 5.32 Å². The minimum Gasteiger partial charge on any atom is -0.465 e. The summed E-state index contributed by atoms with van der Waals surface area (Å²) in [4.78, 5) is 15.9. The van der Waals surface area contributed by atoms with E-state index >= 15 is 0 Å². The molecule has 0 aromatic carbocycles. The number of aromatic nitrogens is 1. The van der Waals surface area contributed by atoms with Crippen molar-refractivity contribution in [2.75, 3.05) is 19.0 Å². The molecule has 100 valence electrons. The largest absolute Gasteiger partial charge is 0.465 e. The number of methoxy groups -OCH3 is 1. The van der Waals surface area contributed by atoms with E-state index in [0.717, 1.165) is 6.42 Å². The average Bonchev–Trinajstić information content (AvgIpc) is 2.83. The smallest absolute Gasteiger partial charge is 0.351 e. The van der Waals surface area contributed by atoms with Gasteiger partial charge < -0.3 is 14.8 Å². The first-order valence-electron chi connectivity index (χ1n) is 5.60. The van der Waals surface area contributed by atoms with Crippen molar-refractivity contribution in [3.63, 3.8) is 0 Å². The van der Waals surface area contributed by atoms with Gasteiger partial charge in [0.1, 0.15) is 0 Å². The molecule has 1 aliphatic heterocycles. The minimum absolute atomic E-state index is 0.0850. The quantitative estimate of drug-likeness (QED) is 0.867. The molecule has 1 fully saturated rings. The van der Waals surface area contributed by atoms with Crippen LogP contribution in [0, 0.1) is 0 Å². The molecule has 1 N–H and O–H groups in total. The van der Waals surface area contributed by atoms with Crippen LogP contribution in [0.4, 0.5) is 5.13 Å². The number of carbonyl (C=O) groups excluding carboxylic acids is 1. The highest BCUT2D eigenvalue weighted by Gasteiger charge is 2.38. The van der Waals surface area contributed by atoms with E-state index in [9.17, 15) is 4.79 Å². The summed E-state index contributed by atoms with van der Waals surface area (Å²) in [5, 5.41) is 4.08. The van der Waals surface area contributed by atoms with Gasteiger partial charge in [-0.3, -0.25) is 0 Å². The molecule has 0 amide bonds. The normalized spacial score (nSPS) is 27.2. The van der Waals surface area contributed by atoms with Gasteiger partial charge in [0.25, 0.3) is 0 Å². The fourth-order valence-electron chi connectivity index (χ4n) is 1.82. The van der Waals surface area contributed by atoms with Crippen LogP contribution in [-0.4, -0.2) is 36.3 Å². The van der Waals surface area contributed by atoms with Gasteiger partial charge in [0.05, 0.1) is 18.8 Å². The number of nitrogens with zero attached hydrogens (tertiary/aromatic N) is 1. The Morgan fingerprint density at radius 1 is 1.72 bits per heavy atom. The molecule has 1 saturated heterocycles. The first-order valence-corrected chi connectivity index (χ1v) is 6.80. The van der Waals surface area contributed by atoms with Gasteiger partial charge >= 0.3 is 5.97 Å². The maximum atomic E-state index is 11.4. The molecule has 1 aliphatic rings. The Bertz CT molecular complexity index is 465. The molecule has 2 unspecified atom stereocenters. The highest BCUT2D eigenvalue weighted by molar-refractivity contribution is 7.18. The highest BCUT2D eigenvalue weighted by atomic mass is 35.5. The summed E-state index contributed by atoms with van der Waals surface area (Å²) in [6, 6.07) is 0. The molecule has 0 radical (unpaired) electrons. The van der Waals surface area contributed by atoms with Crippen LogP contribution in [0.25, 0.3) is 0 Å². The Kier molecular flexibility index (Phi) is 3.79. The number of thiazole rings is 1. The van der Waals surface area contributed by atoms with E-state index in [-0.39, 0.29) is 16.8 Å². The van der Waals surface area contributed by atoms with Gasteiger partial charge in [-0.15, -0.1) is 0 Å². The second-order valence-corrected chi connectivity index (χ2v) is 5.79. The van der Waals surface area contributed by atoms with Crippen molar-refractivity contribution < 1.29 is 14.3 Å². The van der Waals surface area contributed by atoms with E-state index in [1.54, 1.807) is 0 Å². The number of anilines is 1. The topological polar surface area (TPSA) is 60.5 Å². The van der Waals surface area contributed by atoms with E-state index in [4.69, 9.17) is 16.3 Å². The van der Waals surface area contributed by atoms with E-state index in [0.29, 0.717) is 16.6 Å². The number of hydrogen-bond donors (Lipinski definition) is 1. The van der Waals surface area contributed by atoms with Crippen molar-refractivity contribution in [2.45, 2.75) is 31.9 Å². The van der Waals surface area contributed by atoms with Crippen molar-refractivity contribution >= 4 is 34.0 Å². The van der Waals surface area contributed by atoms with Crippen LogP contribution in [0.5, 0.6) is 0 Å². The third kappa shape index (κ3) is 2.46. The number of carbonyl (C=O) groups is 1. The number of nitrogens with one attached hydrogen (secondary N) is 1. The highest BCUT2D eigenvalue weighted by Crippen LogP contribution is 2.34. The first kappa shape index (κ1) is 13.6. The number of halogens is 1. The third-order valence-electron chi connectivity index (χ3n) is 3.24. The summed E-state index contributed by atoms with van der Waals surface area (Å²) >= 11 is 7.11. The van der Waals surface area contributed by atoms with Crippen molar-refractivity contribution in [2.24, 2.45) is 0 Å². The lowest BCUT2D eigenvalue weighted by molar-refractivity contribution is 0.0606. The summed E-state index contributed by atoms with van der Waals surface area (Å²) in [6.07, 6.45) is 0.973. The molecule has 2 atom stereocenters. The van der Waals surface area contributed by atoms with Gasteiger partial charge in [-0.05, 0) is 20.3 Å². The lowest BCUT2D eigenvalue weighted by Crippen LogP contribution is -2.41. The molecule has 2 heterocycles. The van der Waals surface area contributed by atoms with Crippen LogP contribution in [0.3, 0.4) is 0 Å². The van der Waals surface area contributed by atoms with Crippen LogP contribution >= 0.6 is 22.9 Å². The van der Waals surface area contributed by atoms with Gasteiger partial charge in [0.15, 0.2) is 15.2 Å². The summed E-state index contributed by atoms with van der Waals surface area (Å²) in [5.41, 5.74) is -0.186. The lowest BCUT2D eigenvalue weighted by atomic mass is 9.95. The molecule has 7 heteroatoms. The van der Waals surface area contributed by atoms with Crippen LogP contribution in [-0.2, 0) is 9.47 Å².